The number of carbonyl (C=O) groups excluding carboxylic acids is 1. The summed E-state index contributed by atoms with van der Waals surface area (Å²) in [7, 11) is 0.494. The van der Waals surface area contributed by atoms with E-state index in [1.54, 1.807) is 0 Å². The Kier molecular flexibility index (Phi) is 5.62. The summed E-state index contributed by atoms with van der Waals surface area (Å²) in [5.41, 5.74) is 1.26. The number of ketones is 1. The van der Waals surface area contributed by atoms with E-state index in [2.05, 4.69) is 45.0 Å². The lowest BCUT2D eigenvalue weighted by Crippen LogP contribution is -2.62. The van der Waals surface area contributed by atoms with E-state index < -0.39 is 9.93 Å². The third-order valence-electron chi connectivity index (χ3n) is 5.71. The van der Waals surface area contributed by atoms with Crippen molar-refractivity contribution in [3.8, 4) is 0 Å². The van der Waals surface area contributed by atoms with Gasteiger partial charge in [0.1, 0.15) is 10.5 Å². The van der Waals surface area contributed by atoms with Gasteiger partial charge in [0.15, 0.2) is 10.1 Å². The van der Waals surface area contributed by atoms with Crippen LogP contribution in [0.2, 0.25) is 0 Å². The first-order valence-corrected chi connectivity index (χ1v) is 10.8. The van der Waals surface area contributed by atoms with Crippen LogP contribution in [0.15, 0.2) is 60.7 Å². The third kappa shape index (κ3) is 3.40. The molecule has 2 aromatic rings. The molecule has 3 atom stereocenters. The van der Waals surface area contributed by atoms with Gasteiger partial charge < -0.3 is 4.43 Å². The number of alkyl halides is 2. The molecule has 3 unspecified atom stereocenters. The second kappa shape index (κ2) is 7.36. The molecule has 5 heteroatoms. The summed E-state index contributed by atoms with van der Waals surface area (Å²) in [6.45, 7) is 6.61. The number of Topliss-reactive ketones (excluding diaryl/α,β-unsaturated/α-hetero) is 1. The zero-order valence-corrected chi connectivity index (χ0v) is 19.7. The minimum absolute atomic E-state index is 0.0268. The van der Waals surface area contributed by atoms with Gasteiger partial charge in [-0.25, -0.2) is 0 Å². The highest BCUT2D eigenvalue weighted by Gasteiger charge is 2.65. The maximum absolute atomic E-state index is 12.3. The van der Waals surface area contributed by atoms with Gasteiger partial charge in [0.05, 0.1) is 5.60 Å². The summed E-state index contributed by atoms with van der Waals surface area (Å²) >= 11 is 13.1. The van der Waals surface area contributed by atoms with Gasteiger partial charge in [0, 0.05) is 18.3 Å². The van der Waals surface area contributed by atoms with Gasteiger partial charge in [0.2, 0.25) is 0 Å². The molecule has 0 heterocycles. The molecule has 0 N–H and O–H groups in total. The highest BCUT2D eigenvalue weighted by molar-refractivity contribution is 6.60. The van der Waals surface area contributed by atoms with E-state index in [9.17, 15) is 4.79 Å². The Labute approximate surface area is 174 Å². The molecule has 0 radical (unpaired) electrons. The Morgan fingerprint density at radius 3 is 1.96 bits per heavy atom. The predicted molar refractivity (Wildman–Crippen MR) is 115 cm³/mol. The fourth-order valence-corrected chi connectivity index (χ4v) is 6.00. The van der Waals surface area contributed by atoms with Gasteiger partial charge in [-0.15, -0.1) is 0 Å². The monoisotopic (exact) mass is 420 g/mol. The van der Waals surface area contributed by atoms with Crippen molar-refractivity contribution in [3.05, 3.63) is 71.8 Å². The van der Waals surface area contributed by atoms with Crippen LogP contribution in [-0.2, 0) is 14.8 Å². The quantitative estimate of drug-likeness (QED) is 0.514. The van der Waals surface area contributed by atoms with Gasteiger partial charge >= 0.3 is 0 Å². The number of benzene rings is 2. The molecule has 1 fully saturated rings. The number of hydrogen-bond donors (Lipinski definition) is 0. The van der Waals surface area contributed by atoms with Gasteiger partial charge in [0.25, 0.3) is 0 Å². The maximum atomic E-state index is 12.3. The van der Waals surface area contributed by atoms with Crippen molar-refractivity contribution < 1.29 is 9.22 Å². The molecule has 1 saturated carbocycles. The maximum Gasteiger partial charge on any atom is 0.182 e. The van der Waals surface area contributed by atoms with Crippen molar-refractivity contribution in [3.63, 3.8) is 0 Å². The van der Waals surface area contributed by atoms with Crippen LogP contribution in [0.5, 0.6) is 0 Å². The fraction of sp³-hybridized carbons (Fsp3) is 0.409. The Hall–Kier alpha value is -1.13. The first kappa shape index (κ1) is 20.6. The van der Waals surface area contributed by atoms with Gasteiger partial charge in [-0.2, -0.15) is 0 Å². The summed E-state index contributed by atoms with van der Waals surface area (Å²) in [6, 6.07) is 20.4. The van der Waals surface area contributed by atoms with Gasteiger partial charge in [-0.05, 0) is 16.5 Å². The van der Waals surface area contributed by atoms with Crippen LogP contribution in [0.1, 0.15) is 44.2 Å². The Bertz CT molecular complexity index is 802. The van der Waals surface area contributed by atoms with Crippen LogP contribution in [0.3, 0.4) is 0 Å². The highest BCUT2D eigenvalue weighted by atomic mass is 35.5. The first-order valence-electron chi connectivity index (χ1n) is 9.22. The standard InChI is InChI=1S/C22H26Cl2O2Si/c1-20(2,3)19(15-10-6-4-7-11-15)21(26-27,16-12-8-5-9-13-16)17-14-18(25)22(17,23)24/h4-13,17,19H,14H2,1-3,27H3. The van der Waals surface area contributed by atoms with Crippen LogP contribution in [-0.4, -0.2) is 20.6 Å². The molecule has 27 heavy (non-hydrogen) atoms. The summed E-state index contributed by atoms with van der Waals surface area (Å²) < 4.78 is 5.04. The zero-order valence-electron chi connectivity index (χ0n) is 16.2. The van der Waals surface area contributed by atoms with Crippen molar-refractivity contribution in [2.24, 2.45) is 11.3 Å². The minimum atomic E-state index is -1.43. The van der Waals surface area contributed by atoms with Crippen LogP contribution in [0.4, 0.5) is 0 Å². The molecular weight excluding hydrogens is 395 g/mol. The van der Waals surface area contributed by atoms with E-state index in [0.29, 0.717) is 16.9 Å². The van der Waals surface area contributed by atoms with Crippen LogP contribution in [0.25, 0.3) is 0 Å². The summed E-state index contributed by atoms with van der Waals surface area (Å²) in [5.74, 6) is -0.471. The van der Waals surface area contributed by atoms with Gasteiger partial charge in [-0.3, -0.25) is 4.79 Å². The van der Waals surface area contributed by atoms with Crippen molar-refractivity contribution in [1.82, 2.24) is 0 Å². The van der Waals surface area contributed by atoms with Crippen molar-refractivity contribution in [2.45, 2.75) is 43.0 Å². The molecule has 0 spiro atoms. The van der Waals surface area contributed by atoms with Crippen molar-refractivity contribution in [1.29, 1.82) is 0 Å². The molecule has 144 valence electrons. The topological polar surface area (TPSA) is 26.3 Å². The third-order valence-corrected chi connectivity index (χ3v) is 7.33. The predicted octanol–water partition coefficient (Wildman–Crippen LogP) is 4.77. The second-order valence-electron chi connectivity index (χ2n) is 8.38. The van der Waals surface area contributed by atoms with Gasteiger partial charge in [-0.1, -0.05) is 105 Å². The number of carbonyl (C=O) groups is 1. The van der Waals surface area contributed by atoms with E-state index in [1.807, 2.05) is 36.4 Å². The van der Waals surface area contributed by atoms with Crippen LogP contribution < -0.4 is 0 Å². The first-order chi connectivity index (χ1) is 12.7. The molecule has 2 aromatic carbocycles. The average molecular weight is 421 g/mol. The summed E-state index contributed by atoms with van der Waals surface area (Å²) in [5, 5.41) is 0. The summed E-state index contributed by atoms with van der Waals surface area (Å²) in [4.78, 5) is 12.3. The van der Waals surface area contributed by atoms with E-state index in [0.717, 1.165) is 11.1 Å². The number of rotatable bonds is 5. The SMILES string of the molecule is CC(C)(C)C(c1ccccc1)C(O[SiH3])(c1ccccc1)C1CC(=O)C1(Cl)Cl. The molecule has 2 nitrogen and oxygen atoms in total. The fourth-order valence-electron chi connectivity index (χ4n) is 4.62. The Morgan fingerprint density at radius 2 is 1.56 bits per heavy atom. The van der Waals surface area contributed by atoms with Crippen LogP contribution in [0, 0.1) is 11.3 Å². The highest BCUT2D eigenvalue weighted by Crippen LogP contribution is 2.62. The second-order valence-corrected chi connectivity index (χ2v) is 10.2. The van der Waals surface area contributed by atoms with E-state index in [4.69, 9.17) is 27.6 Å². The van der Waals surface area contributed by atoms with Crippen molar-refractivity contribution >= 4 is 39.5 Å². The molecule has 0 amide bonds. The smallest absolute Gasteiger partial charge is 0.182 e. The lowest BCUT2D eigenvalue weighted by Gasteiger charge is -2.57. The molecule has 0 bridgehead atoms. The molecule has 0 aliphatic heterocycles. The number of halogens is 2. The molecule has 1 aliphatic rings. The molecule has 0 saturated heterocycles. The average Bonchev–Trinajstić information content (AvgIpc) is 2.65. The van der Waals surface area contributed by atoms with Crippen molar-refractivity contribution in [2.75, 3.05) is 0 Å². The molecule has 0 aromatic heterocycles. The zero-order chi connectivity index (χ0) is 19.9. The lowest BCUT2D eigenvalue weighted by molar-refractivity contribution is -0.143. The molecule has 1 aliphatic carbocycles. The Balaban J connectivity index is 2.30. The largest absolute Gasteiger partial charge is 0.417 e. The lowest BCUT2D eigenvalue weighted by atomic mass is 9.56. The minimum Gasteiger partial charge on any atom is -0.417 e. The van der Waals surface area contributed by atoms with E-state index >= 15 is 0 Å². The number of hydrogen-bond acceptors (Lipinski definition) is 2. The Morgan fingerprint density at radius 1 is 1.04 bits per heavy atom. The van der Waals surface area contributed by atoms with E-state index in [-0.39, 0.29) is 23.0 Å². The molecule has 3 rings (SSSR count). The van der Waals surface area contributed by atoms with Crippen LogP contribution >= 0.6 is 23.2 Å². The van der Waals surface area contributed by atoms with E-state index in [1.165, 1.54) is 0 Å². The normalized spacial score (nSPS) is 22.7. The molecular formula is C22H26Cl2O2Si. The summed E-state index contributed by atoms with van der Waals surface area (Å²) in [6.07, 6.45) is 0.323.